The molecule has 7 heteroatoms. The van der Waals surface area contributed by atoms with Gasteiger partial charge in [-0.1, -0.05) is 24.3 Å². The molecule has 0 bridgehead atoms. The molecule has 1 N–H and O–H groups in total. The average molecular weight is 390 g/mol. The molecule has 7 nitrogen and oxygen atoms in total. The van der Waals surface area contributed by atoms with Gasteiger partial charge in [0.05, 0.1) is 30.8 Å². The molecule has 1 amide bonds. The Balaban J connectivity index is 1.80. The van der Waals surface area contributed by atoms with Crippen molar-refractivity contribution in [2.75, 3.05) is 23.9 Å². The van der Waals surface area contributed by atoms with Gasteiger partial charge in [-0.3, -0.25) is 4.79 Å². The first-order chi connectivity index (χ1) is 14.0. The number of esters is 1. The molecular formula is C22H22N4O3. The summed E-state index contributed by atoms with van der Waals surface area (Å²) in [6.07, 6.45) is 2.98. The second-order valence-electron chi connectivity index (χ2n) is 6.33. The molecule has 3 aromatic rings. The highest BCUT2D eigenvalue weighted by Gasteiger charge is 2.16. The predicted molar refractivity (Wildman–Crippen MR) is 112 cm³/mol. The van der Waals surface area contributed by atoms with Crippen LogP contribution in [-0.2, 0) is 4.74 Å². The van der Waals surface area contributed by atoms with Gasteiger partial charge in [0.15, 0.2) is 5.82 Å². The first-order valence-electron chi connectivity index (χ1n) is 9.18. The number of aromatic nitrogens is 2. The number of aryl methyl sites for hydroxylation is 1. The Kier molecular flexibility index (Phi) is 6.19. The van der Waals surface area contributed by atoms with Crippen LogP contribution in [0.15, 0.2) is 60.9 Å². The fourth-order valence-electron chi connectivity index (χ4n) is 2.92. The number of carbonyl (C=O) groups excluding carboxylic acids is 2. The van der Waals surface area contributed by atoms with Crippen LogP contribution in [0.1, 0.15) is 33.3 Å². The van der Waals surface area contributed by atoms with E-state index in [1.54, 1.807) is 30.5 Å². The lowest BCUT2D eigenvalue weighted by atomic mass is 10.1. The van der Waals surface area contributed by atoms with Crippen LogP contribution in [-0.4, -0.2) is 35.5 Å². The van der Waals surface area contributed by atoms with Gasteiger partial charge in [0.1, 0.15) is 5.69 Å². The first kappa shape index (κ1) is 20.0. The summed E-state index contributed by atoms with van der Waals surface area (Å²) in [5.74, 6) is -0.345. The Bertz CT molecular complexity index is 1020. The molecule has 0 aliphatic heterocycles. The maximum absolute atomic E-state index is 12.6. The van der Waals surface area contributed by atoms with Crippen molar-refractivity contribution < 1.29 is 14.3 Å². The zero-order valence-corrected chi connectivity index (χ0v) is 16.5. The number of nitrogens with zero attached hydrogens (tertiary/aromatic N) is 3. The normalized spacial score (nSPS) is 10.3. The van der Waals surface area contributed by atoms with Crippen molar-refractivity contribution in [2.24, 2.45) is 0 Å². The molecule has 0 radical (unpaired) electrons. The van der Waals surface area contributed by atoms with Crippen molar-refractivity contribution in [2.45, 2.75) is 13.8 Å². The minimum Gasteiger partial charge on any atom is -0.465 e. The maximum Gasteiger partial charge on any atom is 0.339 e. The summed E-state index contributed by atoms with van der Waals surface area (Å²) in [5.41, 5.74) is 2.92. The van der Waals surface area contributed by atoms with E-state index in [0.717, 1.165) is 11.3 Å². The second kappa shape index (κ2) is 8.97. The van der Waals surface area contributed by atoms with E-state index in [1.807, 2.05) is 36.9 Å². The lowest BCUT2D eigenvalue weighted by Crippen LogP contribution is -2.20. The minimum absolute atomic E-state index is 0.147. The summed E-state index contributed by atoms with van der Waals surface area (Å²) in [4.78, 5) is 35.1. The molecular weight excluding hydrogens is 368 g/mol. The topological polar surface area (TPSA) is 84.4 Å². The van der Waals surface area contributed by atoms with Crippen molar-refractivity contribution >= 4 is 29.1 Å². The summed E-state index contributed by atoms with van der Waals surface area (Å²) >= 11 is 0. The third kappa shape index (κ3) is 4.57. The van der Waals surface area contributed by atoms with E-state index in [9.17, 15) is 9.59 Å². The second-order valence-corrected chi connectivity index (χ2v) is 6.33. The highest BCUT2D eigenvalue weighted by atomic mass is 16.5. The van der Waals surface area contributed by atoms with Gasteiger partial charge in [-0.05, 0) is 43.7 Å². The third-order valence-electron chi connectivity index (χ3n) is 4.36. The number of hydrogen-bond acceptors (Lipinski definition) is 6. The van der Waals surface area contributed by atoms with E-state index in [2.05, 4.69) is 21.4 Å². The minimum atomic E-state index is -0.529. The van der Waals surface area contributed by atoms with Gasteiger partial charge in [-0.15, -0.1) is 0 Å². The molecule has 29 heavy (non-hydrogen) atoms. The number of benzene rings is 2. The van der Waals surface area contributed by atoms with Gasteiger partial charge >= 0.3 is 5.97 Å². The molecule has 0 aliphatic carbocycles. The van der Waals surface area contributed by atoms with Crippen LogP contribution in [0.4, 0.5) is 17.2 Å². The van der Waals surface area contributed by atoms with E-state index in [1.165, 1.54) is 13.3 Å². The number of amides is 1. The molecule has 1 aromatic heterocycles. The van der Waals surface area contributed by atoms with E-state index >= 15 is 0 Å². The van der Waals surface area contributed by atoms with Gasteiger partial charge in [0.2, 0.25) is 0 Å². The number of methoxy groups -OCH3 is 1. The summed E-state index contributed by atoms with van der Waals surface area (Å²) < 4.78 is 4.75. The van der Waals surface area contributed by atoms with E-state index in [-0.39, 0.29) is 11.3 Å². The van der Waals surface area contributed by atoms with Crippen LogP contribution < -0.4 is 10.2 Å². The summed E-state index contributed by atoms with van der Waals surface area (Å²) in [7, 11) is 1.29. The van der Waals surface area contributed by atoms with Crippen molar-refractivity contribution in [1.29, 1.82) is 0 Å². The third-order valence-corrected chi connectivity index (χ3v) is 4.36. The largest absolute Gasteiger partial charge is 0.465 e. The van der Waals surface area contributed by atoms with Crippen molar-refractivity contribution in [1.82, 2.24) is 9.97 Å². The Morgan fingerprint density at radius 2 is 1.86 bits per heavy atom. The summed E-state index contributed by atoms with van der Waals surface area (Å²) in [5, 5.41) is 2.69. The van der Waals surface area contributed by atoms with Crippen LogP contribution >= 0.6 is 0 Å². The molecule has 0 saturated heterocycles. The van der Waals surface area contributed by atoms with Crippen LogP contribution in [0.25, 0.3) is 0 Å². The van der Waals surface area contributed by atoms with Gasteiger partial charge in [-0.2, -0.15) is 0 Å². The monoisotopic (exact) mass is 390 g/mol. The highest BCUT2D eigenvalue weighted by Crippen LogP contribution is 2.23. The molecule has 0 unspecified atom stereocenters. The molecule has 0 fully saturated rings. The molecule has 0 atom stereocenters. The van der Waals surface area contributed by atoms with Crippen molar-refractivity contribution in [3.8, 4) is 0 Å². The maximum atomic E-state index is 12.6. The number of nitrogens with one attached hydrogen (secondary N) is 1. The Hall–Kier alpha value is -3.74. The van der Waals surface area contributed by atoms with Crippen LogP contribution in [0.5, 0.6) is 0 Å². The number of para-hydroxylation sites is 1. The van der Waals surface area contributed by atoms with Gasteiger partial charge in [0.25, 0.3) is 5.91 Å². The highest BCUT2D eigenvalue weighted by molar-refractivity contribution is 6.06. The predicted octanol–water partition coefficient (Wildman–Crippen LogP) is 3.98. The zero-order chi connectivity index (χ0) is 20.8. The van der Waals surface area contributed by atoms with Crippen LogP contribution in [0.2, 0.25) is 0 Å². The zero-order valence-electron chi connectivity index (χ0n) is 16.5. The number of ether oxygens (including phenoxy) is 1. The molecule has 1 heterocycles. The van der Waals surface area contributed by atoms with Gasteiger partial charge < -0.3 is 15.0 Å². The summed E-state index contributed by atoms with van der Waals surface area (Å²) in [6.45, 7) is 4.76. The molecule has 2 aromatic carbocycles. The van der Waals surface area contributed by atoms with E-state index in [4.69, 9.17) is 4.74 Å². The fourth-order valence-corrected chi connectivity index (χ4v) is 2.92. The van der Waals surface area contributed by atoms with Crippen molar-refractivity contribution in [3.63, 3.8) is 0 Å². The smallest absolute Gasteiger partial charge is 0.339 e. The lowest BCUT2D eigenvalue weighted by molar-refractivity contribution is 0.0602. The molecule has 148 valence electrons. The molecule has 0 saturated carbocycles. The Morgan fingerprint density at radius 3 is 2.52 bits per heavy atom. The first-order valence-corrected chi connectivity index (χ1v) is 9.18. The number of rotatable bonds is 6. The SMILES string of the molecule is CCN(c1cccc(C)c1)c1cnc(C(=O)Nc2ccccc2C(=O)OC)cn1. The Morgan fingerprint density at radius 1 is 1.07 bits per heavy atom. The Labute approximate surface area is 169 Å². The quantitative estimate of drug-likeness (QED) is 0.641. The van der Waals surface area contributed by atoms with Gasteiger partial charge in [-0.25, -0.2) is 14.8 Å². The average Bonchev–Trinajstić information content (AvgIpc) is 2.74. The van der Waals surface area contributed by atoms with Crippen LogP contribution in [0.3, 0.4) is 0 Å². The fraction of sp³-hybridized carbons (Fsp3) is 0.182. The number of hydrogen-bond donors (Lipinski definition) is 1. The molecule has 3 rings (SSSR count). The standard InChI is InChI=1S/C22H22N4O3/c1-4-26(16-9-7-8-15(2)12-16)20-14-23-19(13-24-20)21(27)25-18-11-6-5-10-17(18)22(28)29-3/h5-14H,4H2,1-3H3,(H,25,27). The number of anilines is 3. The molecule has 0 aliphatic rings. The van der Waals surface area contributed by atoms with E-state index < -0.39 is 11.9 Å². The van der Waals surface area contributed by atoms with E-state index in [0.29, 0.717) is 18.1 Å². The lowest BCUT2D eigenvalue weighted by Gasteiger charge is -2.22. The summed E-state index contributed by atoms with van der Waals surface area (Å²) in [6, 6.07) is 14.7. The molecule has 0 spiro atoms. The van der Waals surface area contributed by atoms with Gasteiger partial charge in [0, 0.05) is 12.2 Å². The van der Waals surface area contributed by atoms with Crippen LogP contribution in [0, 0.1) is 6.92 Å². The number of carbonyl (C=O) groups is 2. The van der Waals surface area contributed by atoms with Crippen molar-refractivity contribution in [3.05, 3.63) is 77.7 Å².